The number of benzene rings is 1. The number of rotatable bonds is 3. The zero-order valence-electron chi connectivity index (χ0n) is 16.8. The van der Waals surface area contributed by atoms with Crippen LogP contribution in [0.3, 0.4) is 0 Å². The minimum atomic E-state index is -0.964. The van der Waals surface area contributed by atoms with E-state index in [-0.39, 0.29) is 11.5 Å². The van der Waals surface area contributed by atoms with E-state index in [0.29, 0.717) is 11.1 Å². The molecule has 0 unspecified atom stereocenters. The van der Waals surface area contributed by atoms with Crippen molar-refractivity contribution in [3.63, 3.8) is 0 Å². The predicted octanol–water partition coefficient (Wildman–Crippen LogP) is 4.65. The number of likely N-dealkylation sites (tertiary alicyclic amines) is 1. The van der Waals surface area contributed by atoms with Gasteiger partial charge in [-0.1, -0.05) is 26.0 Å². The van der Waals surface area contributed by atoms with Crippen molar-refractivity contribution in [2.45, 2.75) is 33.1 Å². The number of aromatic nitrogens is 2. The first-order valence-corrected chi connectivity index (χ1v) is 10.0. The summed E-state index contributed by atoms with van der Waals surface area (Å²) in [6, 6.07) is 8.48. The molecule has 6 heteroatoms. The highest BCUT2D eigenvalue weighted by molar-refractivity contribution is 6.01. The number of carbonyl (C=O) groups is 2. The Bertz CT molecular complexity index is 1010. The lowest BCUT2D eigenvalue weighted by atomic mass is 10.0. The fourth-order valence-corrected chi connectivity index (χ4v) is 3.46. The number of carboxylic acids is 1. The maximum Gasteiger partial charge on any atom is 0.335 e. The number of nitrogens with zero attached hydrogens (tertiary/aromatic N) is 3. The Kier molecular flexibility index (Phi) is 6.54. The van der Waals surface area contributed by atoms with Crippen LogP contribution < -0.4 is 0 Å². The molecule has 29 heavy (non-hydrogen) atoms. The van der Waals surface area contributed by atoms with Crippen LogP contribution in [-0.2, 0) is 0 Å². The minimum absolute atomic E-state index is 0.00749. The molecular formula is C23H25N3O3. The molecule has 3 heterocycles. The SMILES string of the molecule is CC.O=C(O)c1ccc(-c2cncc3ncc(C(=O)N4CCCCC4)cc23)cc1. The number of carbonyl (C=O) groups excluding carboxylic acids is 1. The van der Waals surface area contributed by atoms with Crippen LogP contribution in [-0.4, -0.2) is 44.9 Å². The van der Waals surface area contributed by atoms with Gasteiger partial charge in [0.1, 0.15) is 0 Å². The number of hydrogen-bond acceptors (Lipinski definition) is 4. The number of aromatic carboxylic acids is 1. The van der Waals surface area contributed by atoms with Crippen molar-refractivity contribution in [2.75, 3.05) is 13.1 Å². The highest BCUT2D eigenvalue weighted by Crippen LogP contribution is 2.28. The Morgan fingerprint density at radius 1 is 0.931 bits per heavy atom. The molecule has 0 aliphatic carbocycles. The molecule has 1 saturated heterocycles. The first-order chi connectivity index (χ1) is 14.1. The minimum Gasteiger partial charge on any atom is -0.478 e. The van der Waals surface area contributed by atoms with Crippen LogP contribution in [0.1, 0.15) is 53.8 Å². The van der Waals surface area contributed by atoms with Crippen LogP contribution in [0.2, 0.25) is 0 Å². The van der Waals surface area contributed by atoms with Gasteiger partial charge in [0.25, 0.3) is 5.91 Å². The number of fused-ring (bicyclic) bond motifs is 1. The van der Waals surface area contributed by atoms with Crippen molar-refractivity contribution in [1.29, 1.82) is 0 Å². The Morgan fingerprint density at radius 3 is 2.28 bits per heavy atom. The van der Waals surface area contributed by atoms with E-state index in [9.17, 15) is 9.59 Å². The molecule has 6 nitrogen and oxygen atoms in total. The van der Waals surface area contributed by atoms with Crippen LogP contribution in [0.25, 0.3) is 22.0 Å². The van der Waals surface area contributed by atoms with Crippen LogP contribution in [0.4, 0.5) is 0 Å². The smallest absolute Gasteiger partial charge is 0.335 e. The third kappa shape index (κ3) is 4.42. The maximum absolute atomic E-state index is 12.8. The molecule has 0 bridgehead atoms. The Labute approximate surface area is 170 Å². The normalized spacial score (nSPS) is 13.5. The Morgan fingerprint density at radius 2 is 1.62 bits per heavy atom. The standard InChI is InChI=1S/C21H19N3O3.C2H6/c25-20(24-8-2-1-3-9-24)16-10-17-18(12-22-13-19(17)23-11-16)14-4-6-15(7-5-14)21(26)27;1-2/h4-7,10-13H,1-3,8-9H2,(H,26,27);1-2H3. The summed E-state index contributed by atoms with van der Waals surface area (Å²) in [7, 11) is 0. The zero-order chi connectivity index (χ0) is 20.8. The van der Waals surface area contributed by atoms with E-state index < -0.39 is 5.97 Å². The van der Waals surface area contributed by atoms with E-state index >= 15 is 0 Å². The summed E-state index contributed by atoms with van der Waals surface area (Å²) in [5.41, 5.74) is 3.16. The molecule has 1 amide bonds. The lowest BCUT2D eigenvalue weighted by molar-refractivity contribution is 0.0694. The van der Waals surface area contributed by atoms with Gasteiger partial charge in [0.2, 0.25) is 0 Å². The third-order valence-electron chi connectivity index (χ3n) is 4.94. The number of hydrogen-bond donors (Lipinski definition) is 1. The second-order valence-corrected chi connectivity index (χ2v) is 6.71. The van der Waals surface area contributed by atoms with E-state index in [0.717, 1.165) is 42.4 Å². The second kappa shape index (κ2) is 9.28. The zero-order valence-corrected chi connectivity index (χ0v) is 16.8. The number of amides is 1. The summed E-state index contributed by atoms with van der Waals surface area (Å²) in [6.45, 7) is 5.58. The molecule has 1 aliphatic rings. The van der Waals surface area contributed by atoms with Gasteiger partial charge in [-0.3, -0.25) is 14.8 Å². The summed E-state index contributed by atoms with van der Waals surface area (Å²) in [4.78, 5) is 34.4. The highest BCUT2D eigenvalue weighted by Gasteiger charge is 2.19. The molecule has 2 aromatic heterocycles. The lowest BCUT2D eigenvalue weighted by Crippen LogP contribution is -2.35. The molecule has 1 fully saturated rings. The molecule has 4 rings (SSSR count). The predicted molar refractivity (Wildman–Crippen MR) is 113 cm³/mol. The van der Waals surface area contributed by atoms with E-state index in [2.05, 4.69) is 9.97 Å². The van der Waals surface area contributed by atoms with Gasteiger partial charge in [0.15, 0.2) is 0 Å². The fourth-order valence-electron chi connectivity index (χ4n) is 3.46. The quantitative estimate of drug-likeness (QED) is 0.703. The van der Waals surface area contributed by atoms with E-state index in [1.165, 1.54) is 6.42 Å². The molecule has 1 aliphatic heterocycles. The van der Waals surface area contributed by atoms with Gasteiger partial charge >= 0.3 is 5.97 Å². The average molecular weight is 391 g/mol. The maximum atomic E-state index is 12.8. The van der Waals surface area contributed by atoms with Crippen molar-refractivity contribution in [3.8, 4) is 11.1 Å². The van der Waals surface area contributed by atoms with Gasteiger partial charge in [-0.25, -0.2) is 4.79 Å². The second-order valence-electron chi connectivity index (χ2n) is 6.71. The van der Waals surface area contributed by atoms with Gasteiger partial charge in [-0.05, 0) is 43.0 Å². The summed E-state index contributed by atoms with van der Waals surface area (Å²) < 4.78 is 0. The summed E-state index contributed by atoms with van der Waals surface area (Å²) in [5.74, 6) is -0.957. The van der Waals surface area contributed by atoms with Crippen LogP contribution in [0, 0.1) is 0 Å². The molecule has 3 aromatic rings. The van der Waals surface area contributed by atoms with Gasteiger partial charge in [-0.15, -0.1) is 0 Å². The summed E-state index contributed by atoms with van der Waals surface area (Å²) in [5, 5.41) is 9.90. The molecular weight excluding hydrogens is 366 g/mol. The van der Waals surface area contributed by atoms with E-state index in [1.54, 1.807) is 42.9 Å². The number of pyridine rings is 2. The molecule has 1 N–H and O–H groups in total. The lowest BCUT2D eigenvalue weighted by Gasteiger charge is -2.26. The topological polar surface area (TPSA) is 83.4 Å². The summed E-state index contributed by atoms with van der Waals surface area (Å²) >= 11 is 0. The van der Waals surface area contributed by atoms with Crippen LogP contribution in [0.15, 0.2) is 48.9 Å². The van der Waals surface area contributed by atoms with Gasteiger partial charge in [-0.2, -0.15) is 0 Å². The molecule has 0 atom stereocenters. The van der Waals surface area contributed by atoms with Crippen LogP contribution >= 0.6 is 0 Å². The fraction of sp³-hybridized carbons (Fsp3) is 0.304. The largest absolute Gasteiger partial charge is 0.478 e. The Balaban J connectivity index is 0.00000117. The summed E-state index contributed by atoms with van der Waals surface area (Å²) in [6.07, 6.45) is 8.24. The van der Waals surface area contributed by atoms with Gasteiger partial charge < -0.3 is 10.0 Å². The third-order valence-corrected chi connectivity index (χ3v) is 4.94. The van der Waals surface area contributed by atoms with Crippen molar-refractivity contribution in [3.05, 3.63) is 60.0 Å². The van der Waals surface area contributed by atoms with Crippen molar-refractivity contribution < 1.29 is 14.7 Å². The van der Waals surface area contributed by atoms with E-state index in [4.69, 9.17) is 5.11 Å². The molecule has 0 saturated carbocycles. The molecule has 0 spiro atoms. The molecule has 1 aromatic carbocycles. The van der Waals surface area contributed by atoms with Gasteiger partial charge in [0, 0.05) is 36.4 Å². The Hall–Kier alpha value is -3.28. The molecule has 150 valence electrons. The highest BCUT2D eigenvalue weighted by atomic mass is 16.4. The molecule has 0 radical (unpaired) electrons. The first kappa shape index (κ1) is 20.5. The number of carboxylic acid groups (broad SMARTS) is 1. The van der Waals surface area contributed by atoms with Crippen molar-refractivity contribution >= 4 is 22.8 Å². The van der Waals surface area contributed by atoms with E-state index in [1.807, 2.05) is 24.8 Å². The monoisotopic (exact) mass is 391 g/mol. The van der Waals surface area contributed by atoms with Gasteiger partial charge in [0.05, 0.1) is 22.8 Å². The van der Waals surface area contributed by atoms with Crippen molar-refractivity contribution in [2.24, 2.45) is 0 Å². The van der Waals surface area contributed by atoms with Crippen molar-refractivity contribution in [1.82, 2.24) is 14.9 Å². The first-order valence-electron chi connectivity index (χ1n) is 10.0. The number of piperidine rings is 1. The average Bonchev–Trinajstić information content (AvgIpc) is 2.80. The van der Waals surface area contributed by atoms with Crippen LogP contribution in [0.5, 0.6) is 0 Å².